The summed E-state index contributed by atoms with van der Waals surface area (Å²) in [5.74, 6) is -2.03. The van der Waals surface area contributed by atoms with Gasteiger partial charge < -0.3 is 11.1 Å². The molecule has 20 heavy (non-hydrogen) atoms. The topological polar surface area (TPSA) is 55.1 Å². The average molecular weight is 282 g/mol. The predicted molar refractivity (Wildman–Crippen MR) is 73.0 cm³/mol. The second kappa shape index (κ2) is 6.79. The Kier molecular flexibility index (Phi) is 5.06. The normalized spacial score (nSPS) is 22.7. The van der Waals surface area contributed by atoms with E-state index < -0.39 is 11.6 Å². The molecule has 0 unspecified atom stereocenters. The molecular formula is C15H20F2N2O. The monoisotopic (exact) mass is 282 g/mol. The fourth-order valence-corrected chi connectivity index (χ4v) is 2.81. The quantitative estimate of drug-likeness (QED) is 0.869. The van der Waals surface area contributed by atoms with Crippen LogP contribution in [0.2, 0.25) is 0 Å². The zero-order chi connectivity index (χ0) is 14.5. The van der Waals surface area contributed by atoms with Crippen molar-refractivity contribution in [3.8, 4) is 0 Å². The molecule has 1 amide bonds. The summed E-state index contributed by atoms with van der Waals surface area (Å²) in [6.07, 6.45) is 4.49. The molecule has 1 aromatic rings. The van der Waals surface area contributed by atoms with Crippen LogP contribution in [0.5, 0.6) is 0 Å². The Labute approximate surface area is 117 Å². The van der Waals surface area contributed by atoms with Gasteiger partial charge in [-0.15, -0.1) is 0 Å². The fourth-order valence-electron chi connectivity index (χ4n) is 2.81. The van der Waals surface area contributed by atoms with E-state index in [1.165, 1.54) is 6.07 Å². The van der Waals surface area contributed by atoms with E-state index >= 15 is 0 Å². The fraction of sp³-hybridized carbons (Fsp3) is 0.533. The van der Waals surface area contributed by atoms with Crippen molar-refractivity contribution in [1.82, 2.24) is 5.32 Å². The van der Waals surface area contributed by atoms with Crippen molar-refractivity contribution in [2.24, 2.45) is 11.7 Å². The minimum absolute atomic E-state index is 0.103. The van der Waals surface area contributed by atoms with E-state index in [0.29, 0.717) is 13.0 Å². The van der Waals surface area contributed by atoms with Gasteiger partial charge in [-0.1, -0.05) is 18.9 Å². The molecule has 0 saturated heterocycles. The van der Waals surface area contributed by atoms with Crippen molar-refractivity contribution >= 4 is 5.91 Å². The molecule has 5 heteroatoms. The Hall–Kier alpha value is -1.49. The van der Waals surface area contributed by atoms with Crippen molar-refractivity contribution in [1.29, 1.82) is 0 Å². The predicted octanol–water partition coefficient (Wildman–Crippen LogP) is 2.14. The van der Waals surface area contributed by atoms with E-state index in [2.05, 4.69) is 5.32 Å². The number of carbonyl (C=O) groups excluding carboxylic acids is 1. The molecule has 2 atom stereocenters. The van der Waals surface area contributed by atoms with Crippen LogP contribution in [0.1, 0.15) is 31.2 Å². The van der Waals surface area contributed by atoms with Gasteiger partial charge in [-0.25, -0.2) is 8.78 Å². The maximum atomic E-state index is 13.1. The van der Waals surface area contributed by atoms with E-state index in [-0.39, 0.29) is 17.9 Å². The Morgan fingerprint density at radius 3 is 2.70 bits per heavy atom. The molecule has 1 aromatic carbocycles. The van der Waals surface area contributed by atoms with E-state index in [9.17, 15) is 13.6 Å². The van der Waals surface area contributed by atoms with Gasteiger partial charge in [0.05, 0.1) is 5.92 Å². The molecule has 1 saturated carbocycles. The van der Waals surface area contributed by atoms with Crippen LogP contribution in [0.15, 0.2) is 18.2 Å². The standard InChI is InChI=1S/C15H20F2N2O/c16-12-6-5-10(9-13(12)17)7-8-19-14-4-2-1-3-11(14)15(18)20/h5-6,9,11,14,19H,1-4,7-8H2,(H2,18,20)/t11-,14-/m0/s1. The van der Waals surface area contributed by atoms with Crippen molar-refractivity contribution in [2.75, 3.05) is 6.54 Å². The van der Waals surface area contributed by atoms with Crippen LogP contribution in [0.3, 0.4) is 0 Å². The summed E-state index contributed by atoms with van der Waals surface area (Å²) in [5.41, 5.74) is 6.15. The van der Waals surface area contributed by atoms with Gasteiger partial charge in [0, 0.05) is 6.04 Å². The maximum absolute atomic E-state index is 13.1. The molecule has 0 aromatic heterocycles. The van der Waals surface area contributed by atoms with Gasteiger partial charge in [-0.3, -0.25) is 4.79 Å². The van der Waals surface area contributed by atoms with Gasteiger partial charge in [0.2, 0.25) is 5.91 Å². The summed E-state index contributed by atoms with van der Waals surface area (Å²) < 4.78 is 25.9. The highest BCUT2D eigenvalue weighted by molar-refractivity contribution is 5.77. The van der Waals surface area contributed by atoms with Crippen molar-refractivity contribution in [3.05, 3.63) is 35.4 Å². The molecule has 0 heterocycles. The van der Waals surface area contributed by atoms with Crippen LogP contribution in [0.4, 0.5) is 8.78 Å². The lowest BCUT2D eigenvalue weighted by atomic mass is 9.84. The summed E-state index contributed by atoms with van der Waals surface area (Å²) in [6, 6.07) is 4.03. The van der Waals surface area contributed by atoms with Gasteiger partial charge in [-0.2, -0.15) is 0 Å². The lowest BCUT2D eigenvalue weighted by Crippen LogP contribution is -2.45. The average Bonchev–Trinajstić information content (AvgIpc) is 2.43. The van der Waals surface area contributed by atoms with Crippen LogP contribution < -0.4 is 11.1 Å². The zero-order valence-corrected chi connectivity index (χ0v) is 11.4. The zero-order valence-electron chi connectivity index (χ0n) is 11.4. The number of carbonyl (C=O) groups is 1. The number of amides is 1. The minimum Gasteiger partial charge on any atom is -0.369 e. The molecule has 0 spiro atoms. The molecule has 2 rings (SSSR count). The Morgan fingerprint density at radius 2 is 2.00 bits per heavy atom. The van der Waals surface area contributed by atoms with Crippen LogP contribution in [0, 0.1) is 17.6 Å². The second-order valence-corrected chi connectivity index (χ2v) is 5.35. The van der Waals surface area contributed by atoms with Gasteiger partial charge in [0.25, 0.3) is 0 Å². The summed E-state index contributed by atoms with van der Waals surface area (Å²) in [7, 11) is 0. The number of hydrogen-bond donors (Lipinski definition) is 2. The van der Waals surface area contributed by atoms with E-state index in [4.69, 9.17) is 5.73 Å². The minimum atomic E-state index is -0.831. The molecule has 0 aliphatic heterocycles. The van der Waals surface area contributed by atoms with Crippen LogP contribution >= 0.6 is 0 Å². The van der Waals surface area contributed by atoms with Crippen LogP contribution in [-0.2, 0) is 11.2 Å². The first kappa shape index (κ1) is 14.9. The van der Waals surface area contributed by atoms with Gasteiger partial charge >= 0.3 is 0 Å². The van der Waals surface area contributed by atoms with Crippen LogP contribution in [0.25, 0.3) is 0 Å². The number of rotatable bonds is 5. The number of nitrogens with two attached hydrogens (primary N) is 1. The number of nitrogens with one attached hydrogen (secondary N) is 1. The maximum Gasteiger partial charge on any atom is 0.222 e. The van der Waals surface area contributed by atoms with Gasteiger partial charge in [-0.05, 0) is 43.5 Å². The molecule has 1 aliphatic rings. The third-order valence-electron chi connectivity index (χ3n) is 3.94. The highest BCUT2D eigenvalue weighted by atomic mass is 19.2. The smallest absolute Gasteiger partial charge is 0.222 e. The van der Waals surface area contributed by atoms with E-state index in [1.54, 1.807) is 6.07 Å². The largest absolute Gasteiger partial charge is 0.369 e. The van der Waals surface area contributed by atoms with Crippen molar-refractivity contribution in [2.45, 2.75) is 38.1 Å². The van der Waals surface area contributed by atoms with Crippen molar-refractivity contribution < 1.29 is 13.6 Å². The highest BCUT2D eigenvalue weighted by Gasteiger charge is 2.28. The Balaban J connectivity index is 1.85. The summed E-state index contributed by atoms with van der Waals surface area (Å²) in [5, 5.41) is 3.32. The van der Waals surface area contributed by atoms with Crippen molar-refractivity contribution in [3.63, 3.8) is 0 Å². The molecule has 3 N–H and O–H groups in total. The van der Waals surface area contributed by atoms with Crippen LogP contribution in [-0.4, -0.2) is 18.5 Å². The number of halogens is 2. The van der Waals surface area contributed by atoms with E-state index in [0.717, 1.165) is 37.3 Å². The number of hydrogen-bond acceptors (Lipinski definition) is 2. The number of primary amides is 1. The third-order valence-corrected chi connectivity index (χ3v) is 3.94. The molecule has 0 radical (unpaired) electrons. The molecule has 0 bridgehead atoms. The summed E-state index contributed by atoms with van der Waals surface area (Å²) >= 11 is 0. The first-order chi connectivity index (χ1) is 9.58. The second-order valence-electron chi connectivity index (χ2n) is 5.35. The first-order valence-corrected chi connectivity index (χ1v) is 7.04. The number of benzene rings is 1. The Bertz CT molecular complexity index is 479. The summed E-state index contributed by atoms with van der Waals surface area (Å²) in [6.45, 7) is 0.625. The van der Waals surface area contributed by atoms with E-state index in [1.807, 2.05) is 0 Å². The SMILES string of the molecule is NC(=O)[C@H]1CCCC[C@@H]1NCCc1ccc(F)c(F)c1. The van der Waals surface area contributed by atoms with Gasteiger partial charge in [0.15, 0.2) is 11.6 Å². The Morgan fingerprint density at radius 1 is 1.25 bits per heavy atom. The third kappa shape index (κ3) is 3.76. The molecule has 1 aliphatic carbocycles. The lowest BCUT2D eigenvalue weighted by Gasteiger charge is -2.30. The molecule has 110 valence electrons. The molecule has 1 fully saturated rings. The molecular weight excluding hydrogens is 262 g/mol. The molecule has 3 nitrogen and oxygen atoms in total. The first-order valence-electron chi connectivity index (χ1n) is 7.04. The van der Waals surface area contributed by atoms with Gasteiger partial charge in [0.1, 0.15) is 0 Å². The summed E-state index contributed by atoms with van der Waals surface area (Å²) in [4.78, 5) is 11.4. The highest BCUT2D eigenvalue weighted by Crippen LogP contribution is 2.24. The lowest BCUT2D eigenvalue weighted by molar-refractivity contribution is -0.123.